The molecule has 4 heterocycles. The van der Waals surface area contributed by atoms with Crippen LogP contribution < -0.4 is 53.8 Å². The normalized spacial score (nSPS) is 18.7. The fourth-order valence-corrected chi connectivity index (χ4v) is 14.9. The topological polar surface area (TPSA) is 73.8 Å². The molecule has 0 spiro atoms. The van der Waals surface area contributed by atoms with Crippen molar-refractivity contribution < 1.29 is 37.9 Å². The molecule has 0 amide bonds. The molecule has 6 aromatic rings. The number of rotatable bonds is 19. The van der Waals surface area contributed by atoms with Crippen molar-refractivity contribution in [2.45, 2.75) is 154 Å². The van der Waals surface area contributed by atoms with Crippen LogP contribution in [0, 0.1) is 0 Å². The van der Waals surface area contributed by atoms with E-state index in [-0.39, 0.29) is 50.8 Å². The molecule has 1 aliphatic carbocycles. The molecule has 5 aliphatic rings. The molecule has 8 nitrogen and oxygen atoms in total. The zero-order chi connectivity index (χ0) is 49.7. The minimum Gasteiger partial charge on any atom is -0.457 e. The highest BCUT2D eigenvalue weighted by Gasteiger charge is 2.40. The maximum Gasteiger partial charge on any atom is 0.230 e. The molecule has 9 heteroatoms. The predicted octanol–water partition coefficient (Wildman–Crippen LogP) is 15.5. The van der Waals surface area contributed by atoms with Gasteiger partial charge in [-0.05, 0) is 68.5 Å². The maximum absolute atomic E-state index is 7.26. The Labute approximate surface area is 434 Å². The molecular weight excluding hydrogens is 928 g/mol. The van der Waals surface area contributed by atoms with E-state index in [0.29, 0.717) is 0 Å². The van der Waals surface area contributed by atoms with Crippen LogP contribution in [0.15, 0.2) is 103 Å². The Morgan fingerprint density at radius 1 is 0.329 bits per heavy atom. The smallest absolute Gasteiger partial charge is 0.230 e. The van der Waals surface area contributed by atoms with E-state index in [2.05, 4.69) is 131 Å². The van der Waals surface area contributed by atoms with Crippen LogP contribution in [-0.4, -0.2) is 27.2 Å². The lowest BCUT2D eigenvalue weighted by Crippen LogP contribution is -2.30. The van der Waals surface area contributed by atoms with Gasteiger partial charge >= 0.3 is 0 Å². The average Bonchev–Trinajstić information content (AvgIpc) is 3.39. The molecule has 4 unspecified atom stereocenters. The molecule has 11 rings (SSSR count). The molecule has 6 aromatic carbocycles. The molecule has 4 atom stereocenters. The van der Waals surface area contributed by atoms with E-state index in [1.54, 1.807) is 0 Å². The molecule has 0 saturated carbocycles. The van der Waals surface area contributed by atoms with Gasteiger partial charge in [0.05, 0.1) is 5.30 Å². The van der Waals surface area contributed by atoms with E-state index in [0.717, 1.165) is 154 Å². The summed E-state index contributed by atoms with van der Waals surface area (Å²) in [5.41, 5.74) is 9.50. The summed E-state index contributed by atoms with van der Waals surface area (Å²) >= 11 is 0. The van der Waals surface area contributed by atoms with Gasteiger partial charge in [0, 0.05) is 86.4 Å². The van der Waals surface area contributed by atoms with Crippen molar-refractivity contribution in [3.05, 3.63) is 148 Å². The van der Waals surface area contributed by atoms with Crippen molar-refractivity contribution in [2.75, 3.05) is 27.2 Å². The number of benzene rings is 6. The van der Waals surface area contributed by atoms with Crippen LogP contribution in [0.1, 0.15) is 199 Å². The second-order valence-corrected chi connectivity index (χ2v) is 22.8. The fraction of sp³-hybridized carbons (Fsp3) is 0.438. The van der Waals surface area contributed by atoms with E-state index in [1.807, 2.05) is 0 Å². The zero-order valence-electron chi connectivity index (χ0n) is 43.5. The third-order valence-electron chi connectivity index (χ3n) is 16.0. The van der Waals surface area contributed by atoms with E-state index in [4.69, 9.17) is 37.9 Å². The van der Waals surface area contributed by atoms with Crippen LogP contribution in [0.2, 0.25) is 0 Å². The van der Waals surface area contributed by atoms with E-state index in [1.165, 1.54) is 55.1 Å². The van der Waals surface area contributed by atoms with E-state index >= 15 is 0 Å². The van der Waals surface area contributed by atoms with Gasteiger partial charge in [-0.15, -0.1) is 0 Å². The molecule has 0 saturated heterocycles. The van der Waals surface area contributed by atoms with Gasteiger partial charge in [0.25, 0.3) is 0 Å². The summed E-state index contributed by atoms with van der Waals surface area (Å²) in [6.45, 7) is 9.33. The van der Waals surface area contributed by atoms with Crippen LogP contribution in [0.3, 0.4) is 0 Å². The third kappa shape index (κ3) is 9.86. The highest BCUT2D eigenvalue weighted by atomic mass is 31.1. The molecule has 4 aliphatic heterocycles. The number of hydrogen-bond acceptors (Lipinski definition) is 8. The molecule has 0 radical (unpaired) electrons. The molecule has 73 heavy (non-hydrogen) atoms. The molecule has 8 bridgehead atoms. The van der Waals surface area contributed by atoms with Crippen LogP contribution >= 0.6 is 7.92 Å². The van der Waals surface area contributed by atoms with Crippen molar-refractivity contribution >= 4 is 23.8 Å². The van der Waals surface area contributed by atoms with E-state index in [9.17, 15) is 0 Å². The molecular formula is C64H73O8P. The maximum atomic E-state index is 7.26. The molecule has 0 aromatic heterocycles. The summed E-state index contributed by atoms with van der Waals surface area (Å²) in [5, 5.41) is 3.54. The third-order valence-corrected chi connectivity index (χ3v) is 18.5. The van der Waals surface area contributed by atoms with Crippen molar-refractivity contribution in [3.8, 4) is 46.0 Å². The summed E-state index contributed by atoms with van der Waals surface area (Å²) in [7, 11) is -1.23. The quantitative estimate of drug-likeness (QED) is 0.0587. The Kier molecular flexibility index (Phi) is 15.4. The van der Waals surface area contributed by atoms with Gasteiger partial charge in [-0.1, -0.05) is 165 Å². The predicted molar refractivity (Wildman–Crippen MR) is 293 cm³/mol. The Morgan fingerprint density at radius 2 is 0.603 bits per heavy atom. The molecule has 0 fully saturated rings. The number of ether oxygens (including phenoxy) is 8. The first-order chi connectivity index (χ1) is 36.1. The first kappa shape index (κ1) is 49.4. The Morgan fingerprint density at radius 3 is 0.904 bits per heavy atom. The van der Waals surface area contributed by atoms with Gasteiger partial charge in [-0.2, -0.15) is 0 Å². The molecule has 382 valence electrons. The minimum atomic E-state index is -1.23. The van der Waals surface area contributed by atoms with Crippen molar-refractivity contribution in [1.29, 1.82) is 0 Å². The highest BCUT2D eigenvalue weighted by Crippen LogP contribution is 2.57. The fourth-order valence-electron chi connectivity index (χ4n) is 12.4. The second-order valence-electron chi connectivity index (χ2n) is 20.7. The zero-order valence-corrected chi connectivity index (χ0v) is 44.4. The number of hydrogen-bond donors (Lipinski definition) is 0. The second kappa shape index (κ2) is 22.7. The Balaban J connectivity index is 1.29. The van der Waals surface area contributed by atoms with Crippen LogP contribution in [-0.2, 0) is 0 Å². The lowest BCUT2D eigenvalue weighted by atomic mass is 9.76. The largest absolute Gasteiger partial charge is 0.457 e. The van der Waals surface area contributed by atoms with Gasteiger partial charge < -0.3 is 37.9 Å². The van der Waals surface area contributed by atoms with Crippen LogP contribution in [0.4, 0.5) is 0 Å². The van der Waals surface area contributed by atoms with Gasteiger partial charge in [0.2, 0.25) is 27.2 Å². The summed E-state index contributed by atoms with van der Waals surface area (Å²) < 4.78 is 55.2. The monoisotopic (exact) mass is 1000 g/mol. The Hall–Kier alpha value is -5.85. The van der Waals surface area contributed by atoms with E-state index < -0.39 is 7.92 Å². The summed E-state index contributed by atoms with van der Waals surface area (Å²) in [5.74, 6) is 6.39. The highest BCUT2D eigenvalue weighted by molar-refractivity contribution is 7.80. The van der Waals surface area contributed by atoms with Crippen molar-refractivity contribution in [2.24, 2.45) is 0 Å². The molecule has 0 N–H and O–H groups in total. The van der Waals surface area contributed by atoms with Crippen LogP contribution in [0.25, 0.3) is 0 Å². The van der Waals surface area contributed by atoms with Crippen LogP contribution in [0.5, 0.6) is 46.0 Å². The van der Waals surface area contributed by atoms with Gasteiger partial charge in [-0.3, -0.25) is 0 Å². The average molecular weight is 1000 g/mol. The first-order valence-electron chi connectivity index (χ1n) is 27.7. The Bertz CT molecular complexity index is 2680. The lowest BCUT2D eigenvalue weighted by molar-refractivity contribution is 0.0994. The SMILES string of the molecule is CCCCCC1c2cc3c4cc2OCOc2cc5c(cc21)C(CCCCC)c1cc2c(c(P(c6ccccc6)c6ccccc6)c1OCO5)OCOc1cc(c(cc1C2CCCCC)C3CCCCC)OCO4. The lowest BCUT2D eigenvalue weighted by Gasteiger charge is -2.37. The summed E-state index contributed by atoms with van der Waals surface area (Å²) in [4.78, 5) is 0. The van der Waals surface area contributed by atoms with Gasteiger partial charge in [-0.25, -0.2) is 0 Å². The van der Waals surface area contributed by atoms with Crippen molar-refractivity contribution in [1.82, 2.24) is 0 Å². The van der Waals surface area contributed by atoms with Crippen molar-refractivity contribution in [3.63, 3.8) is 0 Å². The van der Waals surface area contributed by atoms with Gasteiger partial charge in [0.1, 0.15) is 46.0 Å². The van der Waals surface area contributed by atoms with Gasteiger partial charge in [0.15, 0.2) is 0 Å². The summed E-state index contributed by atoms with van der Waals surface area (Å²) in [6.07, 6.45) is 16.9. The number of unbranched alkanes of at least 4 members (excludes halogenated alkanes) is 8. The minimum absolute atomic E-state index is 0.0129. The summed E-state index contributed by atoms with van der Waals surface area (Å²) in [6, 6.07) is 38.4. The standard InChI is InChI=1S/C64H73O8P/c1-5-9-15-27-44-48-31-49-45(28-16-10-6-2)51-33-53-47(30-18-12-8-4)55-34-54-46(29-17-11-7-3)52-32-50(44)58-36-60(52)69-40-71-62(54)64(73(42-23-19-13-20-24-42)43-25-21-14-22-26-43)63(55)72-41-70-61(53)37-59(51)68-39-66-57(49)35-56(48)65-38-67-58/h13-14,19-26,31-37,44-47H,5-12,15-18,27-30,38-41H2,1-4H3. The first-order valence-corrected chi connectivity index (χ1v) is 29.1.